The van der Waals surface area contributed by atoms with Gasteiger partial charge in [0.05, 0.1) is 13.1 Å². The molecule has 0 spiro atoms. The zero-order valence-electron chi connectivity index (χ0n) is 13.3. The van der Waals surface area contributed by atoms with Crippen molar-refractivity contribution in [3.63, 3.8) is 0 Å². The van der Waals surface area contributed by atoms with E-state index in [2.05, 4.69) is 0 Å². The molecule has 0 aliphatic carbocycles. The van der Waals surface area contributed by atoms with Crippen LogP contribution in [0.4, 0.5) is 0 Å². The largest absolute Gasteiger partial charge is 0.298 e. The summed E-state index contributed by atoms with van der Waals surface area (Å²) in [6, 6.07) is 0.197. The first-order chi connectivity index (χ1) is 7.85. The van der Waals surface area contributed by atoms with Gasteiger partial charge in [0.1, 0.15) is 0 Å². The molecule has 0 aliphatic heterocycles. The first-order valence-electron chi connectivity index (χ1n) is 6.66. The van der Waals surface area contributed by atoms with Crippen molar-refractivity contribution in [2.45, 2.75) is 61.4 Å². The van der Waals surface area contributed by atoms with Gasteiger partial charge in [0, 0.05) is 16.9 Å². The molecule has 0 saturated carbocycles. The highest BCUT2D eigenvalue weighted by atomic mass is 16.1. The maximum absolute atomic E-state index is 12.1. The molecule has 0 rings (SSSR count). The highest BCUT2D eigenvalue weighted by molar-refractivity contribution is 5.88. The average Bonchev–Trinajstić information content (AvgIpc) is 2.12. The average molecular weight is 255 g/mol. The molecule has 0 amide bonds. The molecule has 0 unspecified atom stereocenters. The van der Waals surface area contributed by atoms with Crippen LogP contribution in [0.25, 0.3) is 0 Å². The quantitative estimate of drug-likeness (QED) is 0.758. The summed E-state index contributed by atoms with van der Waals surface area (Å²) >= 11 is 0. The Hall–Kier alpha value is -0.700. The lowest BCUT2D eigenvalue weighted by Crippen LogP contribution is -2.44. The van der Waals surface area contributed by atoms with E-state index in [1.54, 1.807) is 0 Å². The molecular weight excluding hydrogens is 226 g/mol. The number of carbonyl (C=O) groups is 2. The smallest absolute Gasteiger partial charge is 0.152 e. The van der Waals surface area contributed by atoms with Crippen LogP contribution in [0.2, 0.25) is 0 Å². The summed E-state index contributed by atoms with van der Waals surface area (Å²) < 4.78 is 0. The molecule has 3 heteroatoms. The summed E-state index contributed by atoms with van der Waals surface area (Å²) in [7, 11) is 0. The van der Waals surface area contributed by atoms with Gasteiger partial charge in [-0.3, -0.25) is 14.5 Å². The molecule has 0 bridgehead atoms. The minimum atomic E-state index is -0.349. The Morgan fingerprint density at radius 3 is 1.28 bits per heavy atom. The van der Waals surface area contributed by atoms with E-state index < -0.39 is 0 Å². The molecule has 106 valence electrons. The molecule has 0 atom stereocenters. The van der Waals surface area contributed by atoms with Crippen molar-refractivity contribution < 1.29 is 9.59 Å². The number of hydrogen-bond acceptors (Lipinski definition) is 3. The second-order valence-electron chi connectivity index (χ2n) is 7.35. The van der Waals surface area contributed by atoms with Crippen LogP contribution in [0.3, 0.4) is 0 Å². The predicted octanol–water partition coefficient (Wildman–Crippen LogP) is 2.93. The van der Waals surface area contributed by atoms with Gasteiger partial charge in [-0.15, -0.1) is 0 Å². The minimum Gasteiger partial charge on any atom is -0.298 e. The van der Waals surface area contributed by atoms with E-state index >= 15 is 0 Å². The van der Waals surface area contributed by atoms with Crippen molar-refractivity contribution in [3.05, 3.63) is 0 Å². The normalized spacial score (nSPS) is 13.2. The Labute approximate surface area is 112 Å². The lowest BCUT2D eigenvalue weighted by atomic mass is 9.88. The second-order valence-corrected chi connectivity index (χ2v) is 7.35. The molecule has 0 aromatic carbocycles. The van der Waals surface area contributed by atoms with E-state index in [0.717, 1.165) is 0 Å². The Morgan fingerprint density at radius 2 is 1.11 bits per heavy atom. The van der Waals surface area contributed by atoms with Gasteiger partial charge in [-0.1, -0.05) is 41.5 Å². The van der Waals surface area contributed by atoms with Gasteiger partial charge in [0.25, 0.3) is 0 Å². The Morgan fingerprint density at radius 1 is 0.833 bits per heavy atom. The summed E-state index contributed by atoms with van der Waals surface area (Å²) in [4.78, 5) is 26.1. The number of carbonyl (C=O) groups excluding carboxylic acids is 2. The molecule has 0 radical (unpaired) electrons. The van der Waals surface area contributed by atoms with Crippen LogP contribution in [-0.4, -0.2) is 35.6 Å². The first-order valence-corrected chi connectivity index (χ1v) is 6.66. The summed E-state index contributed by atoms with van der Waals surface area (Å²) in [5.41, 5.74) is -0.699. The maximum atomic E-state index is 12.1. The minimum absolute atomic E-state index is 0.179. The SMILES string of the molecule is CC(C)N(CC(=O)C(C)(C)C)CC(=O)C(C)(C)C. The van der Waals surface area contributed by atoms with Crippen molar-refractivity contribution in [2.24, 2.45) is 10.8 Å². The van der Waals surface area contributed by atoms with Gasteiger partial charge < -0.3 is 0 Å². The van der Waals surface area contributed by atoms with Crippen molar-refractivity contribution in [3.8, 4) is 0 Å². The second kappa shape index (κ2) is 5.96. The molecule has 0 aliphatic rings. The lowest BCUT2D eigenvalue weighted by molar-refractivity contribution is -0.131. The van der Waals surface area contributed by atoms with E-state index in [-0.39, 0.29) is 28.4 Å². The maximum Gasteiger partial charge on any atom is 0.152 e. The van der Waals surface area contributed by atoms with Gasteiger partial charge in [0.2, 0.25) is 0 Å². The van der Waals surface area contributed by atoms with Crippen molar-refractivity contribution in [2.75, 3.05) is 13.1 Å². The van der Waals surface area contributed by atoms with Crippen LogP contribution in [0.15, 0.2) is 0 Å². The summed E-state index contributed by atoms with van der Waals surface area (Å²) in [5.74, 6) is 0.357. The van der Waals surface area contributed by atoms with Gasteiger partial charge >= 0.3 is 0 Å². The van der Waals surface area contributed by atoms with Crippen molar-refractivity contribution in [1.82, 2.24) is 4.90 Å². The first kappa shape index (κ1) is 17.3. The predicted molar refractivity (Wildman–Crippen MR) is 75.6 cm³/mol. The Kier molecular flexibility index (Phi) is 5.73. The number of Topliss-reactive ketones (excluding diaryl/α,β-unsaturated/α-hetero) is 2. The van der Waals surface area contributed by atoms with Crippen LogP contribution in [0.5, 0.6) is 0 Å². The van der Waals surface area contributed by atoms with Gasteiger partial charge in [-0.25, -0.2) is 0 Å². The standard InChI is InChI=1S/C15H29NO2/c1-11(2)16(9-12(17)14(3,4)5)10-13(18)15(6,7)8/h11H,9-10H2,1-8H3. The third-order valence-corrected chi connectivity index (χ3v) is 3.10. The highest BCUT2D eigenvalue weighted by Crippen LogP contribution is 2.19. The number of rotatable bonds is 5. The molecule has 0 N–H and O–H groups in total. The van der Waals surface area contributed by atoms with Crippen LogP contribution in [0, 0.1) is 10.8 Å². The summed E-state index contributed by atoms with van der Waals surface area (Å²) in [5, 5.41) is 0. The number of ketones is 2. The van der Waals surface area contributed by atoms with Gasteiger partial charge in [-0.2, -0.15) is 0 Å². The monoisotopic (exact) mass is 255 g/mol. The molecular formula is C15H29NO2. The third kappa shape index (κ3) is 5.76. The molecule has 3 nitrogen and oxygen atoms in total. The highest BCUT2D eigenvalue weighted by Gasteiger charge is 2.28. The fourth-order valence-electron chi connectivity index (χ4n) is 1.26. The topological polar surface area (TPSA) is 37.4 Å². The zero-order valence-corrected chi connectivity index (χ0v) is 13.3. The summed E-state index contributed by atoms with van der Waals surface area (Å²) in [6.07, 6.45) is 0. The van der Waals surface area contributed by atoms with Crippen LogP contribution < -0.4 is 0 Å². The van der Waals surface area contributed by atoms with Crippen LogP contribution in [0.1, 0.15) is 55.4 Å². The van der Waals surface area contributed by atoms with E-state index in [1.807, 2.05) is 60.3 Å². The molecule has 0 saturated heterocycles. The Bertz CT molecular complexity index is 277. The Balaban J connectivity index is 4.71. The fraction of sp³-hybridized carbons (Fsp3) is 0.867. The molecule has 0 aromatic rings. The number of nitrogens with zero attached hydrogens (tertiary/aromatic N) is 1. The van der Waals surface area contributed by atoms with E-state index in [9.17, 15) is 9.59 Å². The molecule has 18 heavy (non-hydrogen) atoms. The third-order valence-electron chi connectivity index (χ3n) is 3.10. The molecule has 0 fully saturated rings. The van der Waals surface area contributed by atoms with Gasteiger partial charge in [-0.05, 0) is 13.8 Å². The molecule has 0 aromatic heterocycles. The van der Waals surface area contributed by atoms with Crippen molar-refractivity contribution in [1.29, 1.82) is 0 Å². The van der Waals surface area contributed by atoms with E-state index in [0.29, 0.717) is 13.1 Å². The van der Waals surface area contributed by atoms with Crippen LogP contribution in [-0.2, 0) is 9.59 Å². The van der Waals surface area contributed by atoms with E-state index in [1.165, 1.54) is 0 Å². The lowest BCUT2D eigenvalue weighted by Gasteiger charge is -2.30. The number of hydrogen-bond donors (Lipinski definition) is 0. The van der Waals surface area contributed by atoms with Crippen molar-refractivity contribution >= 4 is 11.6 Å². The van der Waals surface area contributed by atoms with E-state index in [4.69, 9.17) is 0 Å². The molecule has 0 heterocycles. The fourth-order valence-corrected chi connectivity index (χ4v) is 1.26. The summed E-state index contributed by atoms with van der Waals surface area (Å²) in [6.45, 7) is 16.2. The zero-order chi connectivity index (χ0) is 14.7. The van der Waals surface area contributed by atoms with Crippen LogP contribution >= 0.6 is 0 Å². The van der Waals surface area contributed by atoms with Gasteiger partial charge in [0.15, 0.2) is 11.6 Å².